The second kappa shape index (κ2) is 13.1. The summed E-state index contributed by atoms with van der Waals surface area (Å²) in [7, 11) is 0. The van der Waals surface area contributed by atoms with Crippen molar-refractivity contribution in [3.8, 4) is 5.75 Å². The third-order valence-corrected chi connectivity index (χ3v) is 5.24. The summed E-state index contributed by atoms with van der Waals surface area (Å²) in [6.07, 6.45) is -4.64. The highest BCUT2D eigenvalue weighted by Crippen LogP contribution is 2.31. The summed E-state index contributed by atoms with van der Waals surface area (Å²) in [4.78, 5) is 10.0. The molecule has 0 aliphatic heterocycles. The molecule has 0 aliphatic carbocycles. The Bertz CT molecular complexity index is 827. The molecule has 0 saturated carbocycles. The van der Waals surface area contributed by atoms with Gasteiger partial charge in [0.05, 0.1) is 22.8 Å². The number of guanidine groups is 1. The molecule has 1 heterocycles. The minimum Gasteiger partial charge on any atom is -0.491 e. The molecule has 0 spiro atoms. The Kier molecular flexibility index (Phi) is 11.6. The minimum atomic E-state index is -4.44. The highest BCUT2D eigenvalue weighted by molar-refractivity contribution is 14.0. The molecule has 1 aromatic heterocycles. The highest BCUT2D eigenvalue weighted by atomic mass is 127. The number of aliphatic imine (C=N–C) groups is 1. The van der Waals surface area contributed by atoms with Crippen LogP contribution in [0.3, 0.4) is 0 Å². The Morgan fingerprint density at radius 1 is 1.29 bits per heavy atom. The van der Waals surface area contributed by atoms with E-state index in [4.69, 9.17) is 4.74 Å². The van der Waals surface area contributed by atoms with Gasteiger partial charge in [0, 0.05) is 24.4 Å². The fourth-order valence-corrected chi connectivity index (χ4v) is 3.41. The Morgan fingerprint density at radius 2 is 2.03 bits per heavy atom. The lowest BCUT2D eigenvalue weighted by atomic mass is 10.2. The van der Waals surface area contributed by atoms with Crippen LogP contribution in [0.25, 0.3) is 0 Å². The van der Waals surface area contributed by atoms with Crippen molar-refractivity contribution in [3.05, 3.63) is 45.4 Å². The first-order chi connectivity index (χ1) is 14.2. The highest BCUT2D eigenvalue weighted by Gasteiger charge is 2.30. The monoisotopic (exact) mass is 572 g/mol. The smallest absolute Gasteiger partial charge is 0.416 e. The van der Waals surface area contributed by atoms with Gasteiger partial charge in [-0.25, -0.2) is 4.98 Å². The van der Waals surface area contributed by atoms with Gasteiger partial charge in [0.15, 0.2) is 5.96 Å². The average Bonchev–Trinajstić information content (AvgIpc) is 3.01. The van der Waals surface area contributed by atoms with Crippen LogP contribution in [0.5, 0.6) is 5.75 Å². The summed E-state index contributed by atoms with van der Waals surface area (Å²) >= 11 is 1.67. The number of aliphatic hydroxyl groups is 1. The van der Waals surface area contributed by atoms with E-state index in [1.807, 2.05) is 20.8 Å². The number of benzene rings is 1. The summed E-state index contributed by atoms with van der Waals surface area (Å²) < 4.78 is 43.5. The van der Waals surface area contributed by atoms with Crippen LogP contribution in [-0.4, -0.2) is 48.4 Å². The molecule has 1 unspecified atom stereocenters. The predicted octanol–water partition coefficient (Wildman–Crippen LogP) is 3.93. The van der Waals surface area contributed by atoms with E-state index < -0.39 is 17.8 Å². The van der Waals surface area contributed by atoms with Crippen molar-refractivity contribution in [1.82, 2.24) is 15.6 Å². The molecule has 0 fully saturated rings. The first-order valence-corrected chi connectivity index (χ1v) is 10.4. The number of hydrogen-bond acceptors (Lipinski definition) is 5. The van der Waals surface area contributed by atoms with Crippen molar-refractivity contribution in [2.45, 2.75) is 39.5 Å². The maximum atomic E-state index is 12.7. The van der Waals surface area contributed by atoms with Gasteiger partial charge in [-0.05, 0) is 39.0 Å². The molecular formula is C20H28F3IN4O2S. The van der Waals surface area contributed by atoms with Crippen LogP contribution < -0.4 is 15.4 Å². The van der Waals surface area contributed by atoms with Crippen LogP contribution >= 0.6 is 35.3 Å². The SMILES string of the molecule is CCNC(=NCC(O)COc1cccc(C(F)(F)F)c1)NCCc1nc(C)c(C)s1.I. The molecule has 2 aromatic rings. The number of aryl methyl sites for hydroxylation is 2. The van der Waals surface area contributed by atoms with Crippen LogP contribution in [0.15, 0.2) is 29.3 Å². The number of halogens is 4. The molecule has 1 aromatic carbocycles. The fourth-order valence-electron chi connectivity index (χ4n) is 2.48. The van der Waals surface area contributed by atoms with Crippen molar-refractivity contribution >= 4 is 41.3 Å². The van der Waals surface area contributed by atoms with Crippen molar-refractivity contribution < 1.29 is 23.0 Å². The Balaban J connectivity index is 0.00000480. The largest absolute Gasteiger partial charge is 0.491 e. The van der Waals surface area contributed by atoms with Crippen LogP contribution in [-0.2, 0) is 12.6 Å². The van der Waals surface area contributed by atoms with E-state index in [-0.39, 0.29) is 42.9 Å². The maximum absolute atomic E-state index is 12.7. The number of hydrogen-bond donors (Lipinski definition) is 3. The molecule has 0 bridgehead atoms. The molecular weight excluding hydrogens is 544 g/mol. The number of ether oxygens (including phenoxy) is 1. The number of rotatable bonds is 9. The number of nitrogens with zero attached hydrogens (tertiary/aromatic N) is 2. The summed E-state index contributed by atoms with van der Waals surface area (Å²) in [5.41, 5.74) is 0.247. The van der Waals surface area contributed by atoms with Gasteiger partial charge in [-0.15, -0.1) is 35.3 Å². The number of aliphatic hydroxyl groups excluding tert-OH is 1. The van der Waals surface area contributed by atoms with Crippen LogP contribution in [0, 0.1) is 13.8 Å². The van der Waals surface area contributed by atoms with Gasteiger partial charge in [-0.3, -0.25) is 4.99 Å². The lowest BCUT2D eigenvalue weighted by Crippen LogP contribution is -2.39. The molecule has 0 radical (unpaired) electrons. The molecule has 3 N–H and O–H groups in total. The Hall–Kier alpha value is -1.60. The second-order valence-electron chi connectivity index (χ2n) is 6.64. The number of thiazole rings is 1. The molecule has 31 heavy (non-hydrogen) atoms. The summed E-state index contributed by atoms with van der Waals surface area (Å²) in [6, 6.07) is 4.56. The van der Waals surface area contributed by atoms with E-state index in [1.54, 1.807) is 11.3 Å². The van der Waals surface area contributed by atoms with E-state index in [2.05, 4.69) is 20.6 Å². The molecule has 6 nitrogen and oxygen atoms in total. The molecule has 174 valence electrons. The lowest BCUT2D eigenvalue weighted by Gasteiger charge is -2.14. The molecule has 0 saturated heterocycles. The summed E-state index contributed by atoms with van der Waals surface area (Å²) in [5, 5.41) is 17.4. The zero-order valence-electron chi connectivity index (χ0n) is 17.6. The minimum absolute atomic E-state index is 0. The third kappa shape index (κ3) is 9.60. The summed E-state index contributed by atoms with van der Waals surface area (Å²) in [5.74, 6) is 0.590. The number of nitrogens with one attached hydrogen (secondary N) is 2. The molecule has 0 amide bonds. The topological polar surface area (TPSA) is 78.8 Å². The van der Waals surface area contributed by atoms with Gasteiger partial charge >= 0.3 is 6.18 Å². The van der Waals surface area contributed by atoms with Gasteiger partial charge in [0.2, 0.25) is 0 Å². The van der Waals surface area contributed by atoms with E-state index in [1.165, 1.54) is 17.0 Å². The van der Waals surface area contributed by atoms with Gasteiger partial charge in [-0.1, -0.05) is 6.07 Å². The van der Waals surface area contributed by atoms with Crippen molar-refractivity contribution in [3.63, 3.8) is 0 Å². The van der Waals surface area contributed by atoms with E-state index in [9.17, 15) is 18.3 Å². The number of alkyl halides is 3. The van der Waals surface area contributed by atoms with E-state index in [0.29, 0.717) is 19.0 Å². The first kappa shape index (κ1) is 27.4. The van der Waals surface area contributed by atoms with Crippen molar-refractivity contribution in [2.75, 3.05) is 26.2 Å². The van der Waals surface area contributed by atoms with Gasteiger partial charge < -0.3 is 20.5 Å². The lowest BCUT2D eigenvalue weighted by molar-refractivity contribution is -0.137. The zero-order valence-corrected chi connectivity index (χ0v) is 20.8. The standard InChI is InChI=1S/C20H27F3N4O2S.HI/c1-4-24-19(25-9-8-18-27-13(2)14(3)30-18)26-11-16(28)12-29-17-7-5-6-15(10-17)20(21,22)23;/h5-7,10,16,28H,4,8-9,11-12H2,1-3H3,(H2,24,25,26);1H. The summed E-state index contributed by atoms with van der Waals surface area (Å²) in [6.45, 7) is 7.12. The van der Waals surface area contributed by atoms with Crippen molar-refractivity contribution in [2.24, 2.45) is 4.99 Å². The predicted molar refractivity (Wildman–Crippen MR) is 128 cm³/mol. The molecule has 2 rings (SSSR count). The Labute approximate surface area is 201 Å². The van der Waals surface area contributed by atoms with Crippen molar-refractivity contribution in [1.29, 1.82) is 0 Å². The Morgan fingerprint density at radius 3 is 2.65 bits per heavy atom. The first-order valence-electron chi connectivity index (χ1n) is 9.62. The van der Waals surface area contributed by atoms with Crippen LogP contribution in [0.2, 0.25) is 0 Å². The molecule has 1 atom stereocenters. The van der Waals surface area contributed by atoms with Gasteiger partial charge in [0.25, 0.3) is 0 Å². The van der Waals surface area contributed by atoms with Crippen LogP contribution in [0.1, 0.15) is 28.1 Å². The number of aromatic nitrogens is 1. The second-order valence-corrected chi connectivity index (χ2v) is 7.92. The molecule has 0 aliphatic rings. The normalized spacial score (nSPS) is 12.8. The van der Waals surface area contributed by atoms with Gasteiger partial charge in [-0.2, -0.15) is 13.2 Å². The third-order valence-electron chi connectivity index (χ3n) is 4.11. The van der Waals surface area contributed by atoms with Crippen LogP contribution in [0.4, 0.5) is 13.2 Å². The van der Waals surface area contributed by atoms with E-state index >= 15 is 0 Å². The van der Waals surface area contributed by atoms with E-state index in [0.717, 1.165) is 29.3 Å². The fraction of sp³-hybridized carbons (Fsp3) is 0.500. The molecule has 11 heteroatoms. The van der Waals surface area contributed by atoms with Gasteiger partial charge in [0.1, 0.15) is 18.5 Å². The average molecular weight is 572 g/mol. The maximum Gasteiger partial charge on any atom is 0.416 e. The quantitative estimate of drug-likeness (QED) is 0.241. The zero-order chi connectivity index (χ0) is 22.1.